The van der Waals surface area contributed by atoms with Gasteiger partial charge in [-0.1, -0.05) is 34.1 Å². The number of hydrogen-bond acceptors (Lipinski definition) is 5. The summed E-state index contributed by atoms with van der Waals surface area (Å²) in [6.07, 6.45) is 2.93. The van der Waals surface area contributed by atoms with E-state index in [1.807, 2.05) is 12.1 Å². The van der Waals surface area contributed by atoms with E-state index in [0.29, 0.717) is 5.56 Å². The molecule has 10 heteroatoms. The van der Waals surface area contributed by atoms with Crippen molar-refractivity contribution in [3.05, 3.63) is 92.7 Å². The summed E-state index contributed by atoms with van der Waals surface area (Å²) in [6, 6.07) is 11.9. The molecule has 0 saturated carbocycles. The first-order chi connectivity index (χ1) is 16.4. The van der Waals surface area contributed by atoms with Gasteiger partial charge >= 0.3 is 0 Å². The highest BCUT2D eigenvalue weighted by Gasteiger charge is 2.26. The monoisotopic (exact) mass is 522 g/mol. The van der Waals surface area contributed by atoms with Crippen LogP contribution < -0.4 is 10.6 Å². The number of hydrogen-bond donors (Lipinski definition) is 2. The van der Waals surface area contributed by atoms with Crippen molar-refractivity contribution in [1.82, 2.24) is 30.2 Å². The van der Waals surface area contributed by atoms with Crippen LogP contribution in [0.3, 0.4) is 0 Å². The molecule has 8 nitrogen and oxygen atoms in total. The second-order valence-corrected chi connectivity index (χ2v) is 9.09. The fraction of sp³-hybridized carbons (Fsp3) is 0.208. The Morgan fingerprint density at radius 1 is 1.18 bits per heavy atom. The van der Waals surface area contributed by atoms with Crippen molar-refractivity contribution < 1.29 is 14.0 Å². The number of nitrogens with zero attached hydrogens (tertiary/aromatic N) is 4. The summed E-state index contributed by atoms with van der Waals surface area (Å²) in [4.78, 5) is 34.3. The van der Waals surface area contributed by atoms with E-state index in [1.165, 1.54) is 28.5 Å². The molecule has 5 rings (SSSR count). The molecule has 4 aromatic rings. The van der Waals surface area contributed by atoms with Crippen LogP contribution in [0.5, 0.6) is 0 Å². The highest BCUT2D eigenvalue weighted by atomic mass is 79.9. The Bertz CT molecular complexity index is 1440. The molecule has 1 atom stereocenters. The van der Waals surface area contributed by atoms with Gasteiger partial charge in [0.25, 0.3) is 17.6 Å². The van der Waals surface area contributed by atoms with E-state index >= 15 is 0 Å². The number of carbonyl (C=O) groups is 2. The molecule has 34 heavy (non-hydrogen) atoms. The second-order valence-electron chi connectivity index (χ2n) is 8.17. The van der Waals surface area contributed by atoms with Crippen LogP contribution in [0.1, 0.15) is 55.7 Å². The van der Waals surface area contributed by atoms with Gasteiger partial charge in [0.1, 0.15) is 23.5 Å². The zero-order chi connectivity index (χ0) is 23.8. The van der Waals surface area contributed by atoms with Crippen molar-refractivity contribution in [2.45, 2.75) is 32.4 Å². The molecule has 0 radical (unpaired) electrons. The number of aryl methyl sites for hydroxylation is 2. The van der Waals surface area contributed by atoms with Crippen LogP contribution in [-0.2, 0) is 13.0 Å². The topological polar surface area (TPSA) is 101 Å². The Kier molecular flexibility index (Phi) is 5.82. The molecule has 2 aromatic carbocycles. The van der Waals surface area contributed by atoms with Crippen molar-refractivity contribution in [1.29, 1.82) is 0 Å². The molecule has 0 unspecified atom stereocenters. The lowest BCUT2D eigenvalue weighted by molar-refractivity contribution is 0.0929. The average molecular weight is 523 g/mol. The maximum absolute atomic E-state index is 13.5. The lowest BCUT2D eigenvalue weighted by Crippen LogP contribution is -2.30. The first kappa shape index (κ1) is 22.1. The molecule has 0 aliphatic heterocycles. The van der Waals surface area contributed by atoms with E-state index in [4.69, 9.17) is 0 Å². The molecule has 2 amide bonds. The number of rotatable bonds is 5. The molecule has 0 fully saturated rings. The third-order valence-corrected chi connectivity index (χ3v) is 6.37. The highest BCUT2D eigenvalue weighted by molar-refractivity contribution is 9.10. The molecule has 0 bridgehead atoms. The Hall–Kier alpha value is -3.66. The lowest BCUT2D eigenvalue weighted by Gasteiger charge is -2.15. The van der Waals surface area contributed by atoms with E-state index in [-0.39, 0.29) is 41.5 Å². The first-order valence-corrected chi connectivity index (χ1v) is 11.5. The predicted octanol–water partition coefficient (Wildman–Crippen LogP) is 3.68. The van der Waals surface area contributed by atoms with Gasteiger partial charge in [-0.05, 0) is 60.2 Å². The van der Waals surface area contributed by atoms with Gasteiger partial charge in [-0.3, -0.25) is 9.59 Å². The molecule has 2 N–H and O–H groups in total. The minimum absolute atomic E-state index is 0.0419. The Morgan fingerprint density at radius 2 is 2.03 bits per heavy atom. The summed E-state index contributed by atoms with van der Waals surface area (Å²) in [5.74, 6) is -1.01. The summed E-state index contributed by atoms with van der Waals surface area (Å²) in [7, 11) is 0. The third-order valence-electron chi connectivity index (χ3n) is 5.88. The van der Waals surface area contributed by atoms with Crippen molar-refractivity contribution >= 4 is 33.5 Å². The zero-order valence-electron chi connectivity index (χ0n) is 18.2. The molecule has 172 valence electrons. The van der Waals surface area contributed by atoms with Gasteiger partial charge in [-0.15, -0.1) is 0 Å². The van der Waals surface area contributed by atoms with Gasteiger partial charge in [0.2, 0.25) is 0 Å². The summed E-state index contributed by atoms with van der Waals surface area (Å²) in [5.41, 5.74) is 3.72. The number of nitrogens with one attached hydrogen (secondary N) is 2. The summed E-state index contributed by atoms with van der Waals surface area (Å²) < 4.78 is 15.8. The average Bonchev–Trinajstić information content (AvgIpc) is 3.45. The minimum atomic E-state index is -0.474. The Morgan fingerprint density at radius 3 is 2.85 bits per heavy atom. The van der Waals surface area contributed by atoms with E-state index in [0.717, 1.165) is 28.4 Å². The molecule has 0 spiro atoms. The lowest BCUT2D eigenvalue weighted by atomic mass is 10.1. The molecule has 0 saturated heterocycles. The quantitative estimate of drug-likeness (QED) is 0.416. The van der Waals surface area contributed by atoms with Crippen molar-refractivity contribution in [2.24, 2.45) is 0 Å². The minimum Gasteiger partial charge on any atom is -0.347 e. The second kappa shape index (κ2) is 8.94. The van der Waals surface area contributed by atoms with E-state index < -0.39 is 5.91 Å². The molecular formula is C24H20BrFN6O2. The van der Waals surface area contributed by atoms with Gasteiger partial charge in [0.05, 0.1) is 6.04 Å². The van der Waals surface area contributed by atoms with E-state index in [2.05, 4.69) is 47.7 Å². The summed E-state index contributed by atoms with van der Waals surface area (Å²) in [6.45, 7) is 1.85. The van der Waals surface area contributed by atoms with Crippen molar-refractivity contribution in [2.75, 3.05) is 0 Å². The number of amides is 2. The van der Waals surface area contributed by atoms with Crippen molar-refractivity contribution in [3.63, 3.8) is 0 Å². The predicted molar refractivity (Wildman–Crippen MR) is 126 cm³/mol. The molecule has 1 aliphatic carbocycles. The van der Waals surface area contributed by atoms with Crippen LogP contribution in [0.15, 0.2) is 53.3 Å². The molecule has 2 aromatic heterocycles. The largest absolute Gasteiger partial charge is 0.347 e. The maximum Gasteiger partial charge on any atom is 0.270 e. The number of halogens is 2. The molecular weight excluding hydrogens is 503 g/mol. The number of carbonyl (C=O) groups excluding carboxylic acids is 2. The first-order valence-electron chi connectivity index (χ1n) is 10.7. The van der Waals surface area contributed by atoms with Crippen LogP contribution in [0.2, 0.25) is 0 Å². The van der Waals surface area contributed by atoms with Crippen LogP contribution >= 0.6 is 15.9 Å². The van der Waals surface area contributed by atoms with Gasteiger partial charge in [0.15, 0.2) is 0 Å². The van der Waals surface area contributed by atoms with E-state index in [1.54, 1.807) is 19.1 Å². The van der Waals surface area contributed by atoms with E-state index in [9.17, 15) is 14.0 Å². The fourth-order valence-electron chi connectivity index (χ4n) is 4.15. The molecule has 1 aliphatic rings. The van der Waals surface area contributed by atoms with Crippen molar-refractivity contribution in [3.8, 4) is 0 Å². The smallest absolute Gasteiger partial charge is 0.270 e. The maximum atomic E-state index is 13.5. The van der Waals surface area contributed by atoms with Gasteiger partial charge in [-0.2, -0.15) is 14.6 Å². The third kappa shape index (κ3) is 4.28. The van der Waals surface area contributed by atoms with Gasteiger partial charge in [0, 0.05) is 17.1 Å². The number of benzene rings is 2. The summed E-state index contributed by atoms with van der Waals surface area (Å²) in [5, 5.41) is 9.90. The fourth-order valence-corrected chi connectivity index (χ4v) is 4.56. The number of fused-ring (bicyclic) bond motifs is 2. The van der Waals surface area contributed by atoms with Gasteiger partial charge < -0.3 is 10.6 Å². The summed E-state index contributed by atoms with van der Waals surface area (Å²) >= 11 is 3.48. The number of aromatic nitrogens is 4. The van der Waals surface area contributed by atoms with Crippen LogP contribution in [0.25, 0.3) is 5.78 Å². The van der Waals surface area contributed by atoms with Crippen LogP contribution in [0, 0.1) is 12.7 Å². The van der Waals surface area contributed by atoms with Crippen LogP contribution in [-0.4, -0.2) is 31.4 Å². The Balaban J connectivity index is 1.37. The SMILES string of the molecule is Cc1cc(CNC(=O)c2cc(C(=O)N[C@H]3CCc4cc(Br)ccc43)n3ncnc3n2)ccc1F. The normalized spacial score (nSPS) is 14.7. The zero-order valence-corrected chi connectivity index (χ0v) is 19.8. The van der Waals surface area contributed by atoms with Gasteiger partial charge in [-0.25, -0.2) is 9.37 Å². The standard InChI is InChI=1S/C24H20BrFN6O2/c1-13-8-14(2-6-18(13)26)11-27-22(33)20-10-21(32-24(31-20)28-12-29-32)23(34)30-19-7-3-15-9-16(25)4-5-17(15)19/h2,4-6,8-10,12,19H,3,7,11H2,1H3,(H,27,33)(H,30,34)/t19-/m0/s1. The van der Waals surface area contributed by atoms with Crippen LogP contribution in [0.4, 0.5) is 4.39 Å². The highest BCUT2D eigenvalue weighted by Crippen LogP contribution is 2.33. The Labute approximate surface area is 202 Å². The molecule has 2 heterocycles.